The lowest BCUT2D eigenvalue weighted by atomic mass is 10.0. The number of aromatic nitrogens is 1. The van der Waals surface area contributed by atoms with Crippen molar-refractivity contribution in [1.82, 2.24) is 15.2 Å². The van der Waals surface area contributed by atoms with Crippen molar-refractivity contribution in [2.24, 2.45) is 0 Å². The summed E-state index contributed by atoms with van der Waals surface area (Å²) in [4.78, 5) is 18.8. The highest BCUT2D eigenvalue weighted by molar-refractivity contribution is 5.78. The molecule has 4 rings (SSSR count). The van der Waals surface area contributed by atoms with Gasteiger partial charge < -0.3 is 10.1 Å². The molecule has 2 aromatic rings. The summed E-state index contributed by atoms with van der Waals surface area (Å²) in [6.07, 6.45) is 5.12. The Morgan fingerprint density at radius 1 is 1.27 bits per heavy atom. The Bertz CT molecular complexity index is 782. The first-order chi connectivity index (χ1) is 12.7. The van der Waals surface area contributed by atoms with Gasteiger partial charge in [-0.2, -0.15) is 0 Å². The van der Waals surface area contributed by atoms with Crippen LogP contribution in [0.3, 0.4) is 0 Å². The van der Waals surface area contributed by atoms with Crippen molar-refractivity contribution in [1.29, 1.82) is 0 Å². The number of nitrogens with one attached hydrogen (secondary N) is 1. The number of benzene rings is 1. The van der Waals surface area contributed by atoms with E-state index in [2.05, 4.69) is 27.3 Å². The number of amides is 1. The van der Waals surface area contributed by atoms with Crippen LogP contribution in [0.5, 0.6) is 5.75 Å². The quantitative estimate of drug-likeness (QED) is 0.900. The van der Waals surface area contributed by atoms with Gasteiger partial charge in [-0.15, -0.1) is 0 Å². The zero-order chi connectivity index (χ0) is 17.9. The average molecular weight is 351 g/mol. The number of aryl methyl sites for hydroxylation is 1. The molecule has 5 nitrogen and oxygen atoms in total. The fourth-order valence-electron chi connectivity index (χ4n) is 3.66. The summed E-state index contributed by atoms with van der Waals surface area (Å²) in [5, 5.41) is 3.02. The Kier molecular flexibility index (Phi) is 4.89. The maximum Gasteiger partial charge on any atom is 0.234 e. The Morgan fingerprint density at radius 2 is 2.12 bits per heavy atom. The summed E-state index contributed by atoms with van der Waals surface area (Å²) in [6.45, 7) is 5.17. The minimum Gasteiger partial charge on any atom is -0.488 e. The van der Waals surface area contributed by atoms with E-state index in [1.165, 1.54) is 18.4 Å². The molecule has 0 spiro atoms. The summed E-state index contributed by atoms with van der Waals surface area (Å²) < 4.78 is 5.99. The molecule has 136 valence electrons. The van der Waals surface area contributed by atoms with E-state index in [1.54, 1.807) is 0 Å². The van der Waals surface area contributed by atoms with E-state index in [1.807, 2.05) is 31.3 Å². The van der Waals surface area contributed by atoms with Gasteiger partial charge in [0.05, 0.1) is 18.8 Å². The lowest BCUT2D eigenvalue weighted by Crippen LogP contribution is -2.40. The second kappa shape index (κ2) is 7.46. The summed E-state index contributed by atoms with van der Waals surface area (Å²) in [5.74, 6) is 1.01. The van der Waals surface area contributed by atoms with Gasteiger partial charge in [-0.3, -0.25) is 14.7 Å². The van der Waals surface area contributed by atoms with Gasteiger partial charge in [0, 0.05) is 18.2 Å². The predicted molar refractivity (Wildman–Crippen MR) is 101 cm³/mol. The minimum absolute atomic E-state index is 0.00811. The van der Waals surface area contributed by atoms with E-state index < -0.39 is 0 Å². The molecule has 26 heavy (non-hydrogen) atoms. The topological polar surface area (TPSA) is 54.5 Å². The number of likely N-dealkylation sites (tertiary alicyclic amines) is 1. The number of hydrogen-bond donors (Lipinski definition) is 1. The summed E-state index contributed by atoms with van der Waals surface area (Å²) in [6, 6.07) is 10.3. The Morgan fingerprint density at radius 3 is 2.88 bits per heavy atom. The predicted octanol–water partition coefficient (Wildman–Crippen LogP) is 2.57. The molecular formula is C21H25N3O2. The van der Waals surface area contributed by atoms with Crippen LogP contribution in [-0.4, -0.2) is 48.1 Å². The van der Waals surface area contributed by atoms with E-state index in [0.29, 0.717) is 13.1 Å². The maximum absolute atomic E-state index is 12.1. The molecule has 1 saturated heterocycles. The van der Waals surface area contributed by atoms with Crippen LogP contribution in [0.25, 0.3) is 11.3 Å². The molecule has 1 N–H and O–H groups in total. The number of rotatable bonds is 5. The van der Waals surface area contributed by atoms with Crippen LogP contribution in [0.1, 0.15) is 24.0 Å². The van der Waals surface area contributed by atoms with Gasteiger partial charge in [0.15, 0.2) is 0 Å². The smallest absolute Gasteiger partial charge is 0.234 e. The Labute approximate surface area is 154 Å². The van der Waals surface area contributed by atoms with Crippen LogP contribution >= 0.6 is 0 Å². The zero-order valence-corrected chi connectivity index (χ0v) is 15.2. The molecule has 3 heterocycles. The third-order valence-electron chi connectivity index (χ3n) is 5.10. The van der Waals surface area contributed by atoms with Gasteiger partial charge in [-0.05, 0) is 68.2 Å². The molecule has 1 aromatic heterocycles. The van der Waals surface area contributed by atoms with Gasteiger partial charge in [-0.1, -0.05) is 6.07 Å². The third kappa shape index (κ3) is 3.88. The van der Waals surface area contributed by atoms with Crippen LogP contribution in [0.2, 0.25) is 0 Å². The molecule has 2 aliphatic rings. The number of pyridine rings is 1. The monoisotopic (exact) mass is 351 g/mol. The molecule has 1 amide bonds. The van der Waals surface area contributed by atoms with Crippen molar-refractivity contribution in [2.75, 3.05) is 26.2 Å². The molecule has 1 unspecified atom stereocenters. The molecule has 0 radical (unpaired) electrons. The van der Waals surface area contributed by atoms with Gasteiger partial charge in [-0.25, -0.2) is 0 Å². The molecule has 1 atom stereocenters. The second-order valence-corrected chi connectivity index (χ2v) is 7.27. The van der Waals surface area contributed by atoms with E-state index in [0.717, 1.165) is 42.1 Å². The van der Waals surface area contributed by atoms with Crippen LogP contribution in [0, 0.1) is 6.92 Å². The maximum atomic E-state index is 12.1. The van der Waals surface area contributed by atoms with Crippen molar-refractivity contribution in [3.8, 4) is 17.0 Å². The van der Waals surface area contributed by atoms with Crippen LogP contribution in [0.15, 0.2) is 36.5 Å². The highest BCUT2D eigenvalue weighted by Crippen LogP contribution is 2.32. The number of carbonyl (C=O) groups is 1. The van der Waals surface area contributed by atoms with E-state index in [4.69, 9.17) is 4.74 Å². The number of hydrogen-bond acceptors (Lipinski definition) is 4. The molecule has 0 bridgehead atoms. The number of nitrogens with zero attached hydrogens (tertiary/aromatic N) is 2. The number of fused-ring (bicyclic) bond motifs is 1. The lowest BCUT2D eigenvalue weighted by Gasteiger charge is -2.16. The number of ether oxygens (including phenoxy) is 1. The fourth-order valence-corrected chi connectivity index (χ4v) is 3.66. The van der Waals surface area contributed by atoms with Gasteiger partial charge in [0.25, 0.3) is 0 Å². The number of carbonyl (C=O) groups excluding carboxylic acids is 1. The first-order valence-corrected chi connectivity index (χ1v) is 9.39. The first-order valence-electron chi connectivity index (χ1n) is 9.39. The molecule has 1 aromatic carbocycles. The fraction of sp³-hybridized carbons (Fsp3) is 0.429. The normalized spacial score (nSPS) is 19.2. The van der Waals surface area contributed by atoms with E-state index in [9.17, 15) is 4.79 Å². The van der Waals surface area contributed by atoms with Crippen molar-refractivity contribution < 1.29 is 9.53 Å². The van der Waals surface area contributed by atoms with Crippen molar-refractivity contribution in [3.05, 3.63) is 47.7 Å². The lowest BCUT2D eigenvalue weighted by molar-refractivity contribution is -0.122. The third-order valence-corrected chi connectivity index (χ3v) is 5.10. The largest absolute Gasteiger partial charge is 0.488 e. The van der Waals surface area contributed by atoms with Gasteiger partial charge in [0.1, 0.15) is 11.9 Å². The molecule has 2 aliphatic heterocycles. The first kappa shape index (κ1) is 17.0. The van der Waals surface area contributed by atoms with E-state index >= 15 is 0 Å². The van der Waals surface area contributed by atoms with Crippen LogP contribution in [-0.2, 0) is 11.2 Å². The van der Waals surface area contributed by atoms with Gasteiger partial charge >= 0.3 is 0 Å². The van der Waals surface area contributed by atoms with Crippen molar-refractivity contribution in [3.63, 3.8) is 0 Å². The van der Waals surface area contributed by atoms with Crippen molar-refractivity contribution >= 4 is 5.91 Å². The highest BCUT2D eigenvalue weighted by atomic mass is 16.5. The molecule has 0 saturated carbocycles. The standard InChI is InChI=1S/C21H25N3O2/c1-15-4-6-19(22-12-15)16-5-7-20-17(10-16)11-18(26-20)13-23-21(25)14-24-8-2-3-9-24/h4-7,10,12,18H,2-3,8-9,11,13-14H2,1H3,(H,23,25). The average Bonchev–Trinajstić information content (AvgIpc) is 3.29. The minimum atomic E-state index is 0.00811. The van der Waals surface area contributed by atoms with Crippen LogP contribution in [0.4, 0.5) is 0 Å². The second-order valence-electron chi connectivity index (χ2n) is 7.27. The summed E-state index contributed by atoms with van der Waals surface area (Å²) in [7, 11) is 0. The van der Waals surface area contributed by atoms with E-state index in [-0.39, 0.29) is 12.0 Å². The van der Waals surface area contributed by atoms with Gasteiger partial charge in [0.2, 0.25) is 5.91 Å². The highest BCUT2D eigenvalue weighted by Gasteiger charge is 2.24. The SMILES string of the molecule is Cc1ccc(-c2ccc3c(c2)CC(CNC(=O)CN2CCCC2)O3)nc1. The molecular weight excluding hydrogens is 326 g/mol. The van der Waals surface area contributed by atoms with Crippen LogP contribution < -0.4 is 10.1 Å². The van der Waals surface area contributed by atoms with Crippen molar-refractivity contribution in [2.45, 2.75) is 32.3 Å². The summed E-state index contributed by atoms with van der Waals surface area (Å²) >= 11 is 0. The molecule has 5 heteroatoms. The molecule has 1 fully saturated rings. The summed E-state index contributed by atoms with van der Waals surface area (Å²) in [5.41, 5.74) is 4.42. The Balaban J connectivity index is 1.33. The Hall–Kier alpha value is -2.40. The zero-order valence-electron chi connectivity index (χ0n) is 15.2. The molecule has 0 aliphatic carbocycles.